The summed E-state index contributed by atoms with van der Waals surface area (Å²) in [5.74, 6) is 1.11. The quantitative estimate of drug-likeness (QED) is 0.379. The van der Waals surface area contributed by atoms with Crippen molar-refractivity contribution in [1.29, 1.82) is 0 Å². The zero-order valence-corrected chi connectivity index (χ0v) is 16.5. The molecule has 0 saturated carbocycles. The van der Waals surface area contributed by atoms with Gasteiger partial charge in [-0.25, -0.2) is 0 Å². The van der Waals surface area contributed by atoms with Crippen molar-refractivity contribution in [3.63, 3.8) is 0 Å². The van der Waals surface area contributed by atoms with Crippen LogP contribution in [0, 0.1) is 0 Å². The van der Waals surface area contributed by atoms with Gasteiger partial charge in [0.25, 0.3) is 5.91 Å². The number of aliphatic imine (C=N–C) groups is 1. The maximum absolute atomic E-state index is 12.4. The summed E-state index contributed by atoms with van der Waals surface area (Å²) in [7, 11) is 0. The number of hydrogen-bond donors (Lipinski definition) is 1. The molecular formula is C19H36N4O3. The zero-order chi connectivity index (χ0) is 18.6. The molecule has 0 bridgehead atoms. The Bertz CT molecular complexity index is 431. The van der Waals surface area contributed by atoms with Gasteiger partial charge in [-0.05, 0) is 32.6 Å². The van der Waals surface area contributed by atoms with Gasteiger partial charge in [0.2, 0.25) is 0 Å². The molecule has 0 aliphatic carbocycles. The SMILES string of the molecule is CCCCOCCCN=C(NCC)N1CCN(C(=O)C2CCCO2)CC1. The molecule has 0 aromatic heterocycles. The van der Waals surface area contributed by atoms with Gasteiger partial charge in [0, 0.05) is 59.1 Å². The van der Waals surface area contributed by atoms with Crippen molar-refractivity contribution in [2.75, 3.05) is 59.1 Å². The summed E-state index contributed by atoms with van der Waals surface area (Å²) in [4.78, 5) is 21.4. The normalized spacial score (nSPS) is 21.3. The largest absolute Gasteiger partial charge is 0.381 e. The smallest absolute Gasteiger partial charge is 0.251 e. The predicted molar refractivity (Wildman–Crippen MR) is 103 cm³/mol. The van der Waals surface area contributed by atoms with Gasteiger partial charge in [-0.3, -0.25) is 9.79 Å². The molecular weight excluding hydrogens is 332 g/mol. The van der Waals surface area contributed by atoms with E-state index in [-0.39, 0.29) is 12.0 Å². The van der Waals surface area contributed by atoms with Crippen LogP contribution in [-0.4, -0.2) is 86.9 Å². The van der Waals surface area contributed by atoms with Crippen LogP contribution >= 0.6 is 0 Å². The maximum atomic E-state index is 12.4. The number of amides is 1. The first-order valence-electron chi connectivity index (χ1n) is 10.3. The Labute approximate surface area is 158 Å². The summed E-state index contributed by atoms with van der Waals surface area (Å²) in [5, 5.41) is 3.37. The first-order chi connectivity index (χ1) is 12.8. The van der Waals surface area contributed by atoms with E-state index in [9.17, 15) is 4.79 Å². The van der Waals surface area contributed by atoms with Crippen LogP contribution in [0.3, 0.4) is 0 Å². The van der Waals surface area contributed by atoms with E-state index in [2.05, 4.69) is 24.1 Å². The lowest BCUT2D eigenvalue weighted by molar-refractivity contribution is -0.142. The Morgan fingerprint density at radius 1 is 1.15 bits per heavy atom. The number of carbonyl (C=O) groups is 1. The van der Waals surface area contributed by atoms with Crippen LogP contribution in [0.1, 0.15) is 46.0 Å². The lowest BCUT2D eigenvalue weighted by atomic mass is 10.2. The third-order valence-electron chi connectivity index (χ3n) is 4.78. The molecule has 2 heterocycles. The van der Waals surface area contributed by atoms with Crippen LogP contribution in [0.5, 0.6) is 0 Å². The number of piperazine rings is 1. The van der Waals surface area contributed by atoms with Gasteiger partial charge in [-0.1, -0.05) is 13.3 Å². The standard InChI is InChI=1S/C19H36N4O3/c1-3-5-14-25-15-7-9-21-19(20-4-2)23-12-10-22(11-13-23)18(24)17-8-6-16-26-17/h17H,3-16H2,1-2H3,(H,20,21). The fourth-order valence-corrected chi connectivity index (χ4v) is 3.24. The fourth-order valence-electron chi connectivity index (χ4n) is 3.24. The van der Waals surface area contributed by atoms with Crippen molar-refractivity contribution in [2.45, 2.75) is 52.1 Å². The second-order valence-corrected chi connectivity index (χ2v) is 6.87. The summed E-state index contributed by atoms with van der Waals surface area (Å²) in [6, 6.07) is 0. The molecule has 0 radical (unpaired) electrons. The van der Waals surface area contributed by atoms with Gasteiger partial charge < -0.3 is 24.6 Å². The Hall–Kier alpha value is -1.34. The van der Waals surface area contributed by atoms with Crippen LogP contribution in [-0.2, 0) is 14.3 Å². The van der Waals surface area contributed by atoms with Crippen LogP contribution < -0.4 is 5.32 Å². The van der Waals surface area contributed by atoms with E-state index >= 15 is 0 Å². The zero-order valence-electron chi connectivity index (χ0n) is 16.5. The number of hydrogen-bond acceptors (Lipinski definition) is 4. The number of rotatable bonds is 9. The second kappa shape index (κ2) is 12.1. The Kier molecular flexibility index (Phi) is 9.77. The van der Waals surface area contributed by atoms with Crippen molar-refractivity contribution in [2.24, 2.45) is 4.99 Å². The number of nitrogens with one attached hydrogen (secondary N) is 1. The molecule has 1 N–H and O–H groups in total. The molecule has 2 saturated heterocycles. The van der Waals surface area contributed by atoms with Crippen molar-refractivity contribution < 1.29 is 14.3 Å². The van der Waals surface area contributed by atoms with E-state index in [1.54, 1.807) is 0 Å². The van der Waals surface area contributed by atoms with E-state index in [1.165, 1.54) is 6.42 Å². The maximum Gasteiger partial charge on any atom is 0.251 e. The second-order valence-electron chi connectivity index (χ2n) is 6.87. The molecule has 0 aromatic rings. The number of carbonyl (C=O) groups excluding carboxylic acids is 1. The molecule has 1 amide bonds. The lowest BCUT2D eigenvalue weighted by Gasteiger charge is -2.37. The van der Waals surface area contributed by atoms with Crippen LogP contribution in [0.2, 0.25) is 0 Å². The molecule has 150 valence electrons. The summed E-state index contributed by atoms with van der Waals surface area (Å²) in [5.41, 5.74) is 0. The minimum Gasteiger partial charge on any atom is -0.381 e. The molecule has 1 unspecified atom stereocenters. The minimum absolute atomic E-state index is 0.160. The van der Waals surface area contributed by atoms with Crippen LogP contribution in [0.15, 0.2) is 4.99 Å². The van der Waals surface area contributed by atoms with Gasteiger partial charge in [-0.15, -0.1) is 0 Å². The molecule has 0 spiro atoms. The first kappa shape index (κ1) is 21.0. The molecule has 26 heavy (non-hydrogen) atoms. The minimum atomic E-state index is -0.212. The molecule has 0 aromatic carbocycles. The highest BCUT2D eigenvalue weighted by Gasteiger charge is 2.30. The highest BCUT2D eigenvalue weighted by molar-refractivity contribution is 5.82. The highest BCUT2D eigenvalue weighted by Crippen LogP contribution is 2.16. The van der Waals surface area contributed by atoms with Gasteiger partial charge in [-0.2, -0.15) is 0 Å². The molecule has 2 rings (SSSR count). The van der Waals surface area contributed by atoms with E-state index in [1.807, 2.05) is 4.90 Å². The highest BCUT2D eigenvalue weighted by atomic mass is 16.5. The van der Waals surface area contributed by atoms with Crippen LogP contribution in [0.4, 0.5) is 0 Å². The average molecular weight is 369 g/mol. The summed E-state index contributed by atoms with van der Waals surface area (Å²) in [6.07, 6.45) is 4.89. The first-order valence-corrected chi connectivity index (χ1v) is 10.3. The van der Waals surface area contributed by atoms with E-state index in [4.69, 9.17) is 14.5 Å². The van der Waals surface area contributed by atoms with E-state index < -0.39 is 0 Å². The van der Waals surface area contributed by atoms with Gasteiger partial charge in [0.15, 0.2) is 5.96 Å². The topological polar surface area (TPSA) is 66.4 Å². The molecule has 2 aliphatic heterocycles. The van der Waals surface area contributed by atoms with Gasteiger partial charge >= 0.3 is 0 Å². The number of nitrogens with zero attached hydrogens (tertiary/aromatic N) is 3. The number of guanidine groups is 1. The van der Waals surface area contributed by atoms with Crippen molar-refractivity contribution in [1.82, 2.24) is 15.1 Å². The van der Waals surface area contributed by atoms with E-state index in [0.717, 1.165) is 90.7 Å². The lowest BCUT2D eigenvalue weighted by Crippen LogP contribution is -2.55. The summed E-state index contributed by atoms with van der Waals surface area (Å²) < 4.78 is 11.1. The molecule has 2 fully saturated rings. The molecule has 7 heteroatoms. The Morgan fingerprint density at radius 2 is 1.88 bits per heavy atom. The third kappa shape index (κ3) is 6.76. The number of unbranched alkanes of at least 4 members (excludes halogenated alkanes) is 1. The summed E-state index contributed by atoms with van der Waals surface area (Å²) >= 11 is 0. The van der Waals surface area contributed by atoms with Crippen molar-refractivity contribution in [3.8, 4) is 0 Å². The third-order valence-corrected chi connectivity index (χ3v) is 4.78. The van der Waals surface area contributed by atoms with E-state index in [0.29, 0.717) is 0 Å². The predicted octanol–water partition coefficient (Wildman–Crippen LogP) is 1.48. The average Bonchev–Trinajstić information content (AvgIpc) is 3.21. The Morgan fingerprint density at radius 3 is 2.54 bits per heavy atom. The molecule has 1 atom stereocenters. The van der Waals surface area contributed by atoms with Crippen molar-refractivity contribution in [3.05, 3.63) is 0 Å². The van der Waals surface area contributed by atoms with Gasteiger partial charge in [0.1, 0.15) is 6.10 Å². The number of ether oxygens (including phenoxy) is 2. The van der Waals surface area contributed by atoms with Crippen LogP contribution in [0.25, 0.3) is 0 Å². The molecule has 2 aliphatic rings. The summed E-state index contributed by atoms with van der Waals surface area (Å²) in [6.45, 7) is 11.3. The van der Waals surface area contributed by atoms with Gasteiger partial charge in [0.05, 0.1) is 0 Å². The molecule has 7 nitrogen and oxygen atoms in total. The van der Waals surface area contributed by atoms with Crippen molar-refractivity contribution >= 4 is 11.9 Å². The fraction of sp³-hybridized carbons (Fsp3) is 0.895. The monoisotopic (exact) mass is 368 g/mol. The Balaban J connectivity index is 1.72.